The highest BCUT2D eigenvalue weighted by Crippen LogP contribution is 2.46. The van der Waals surface area contributed by atoms with Gasteiger partial charge in [0.2, 0.25) is 5.95 Å². The lowest BCUT2D eigenvalue weighted by Crippen LogP contribution is -2.02. The van der Waals surface area contributed by atoms with Crippen LogP contribution in [0.2, 0.25) is 0 Å². The zero-order valence-corrected chi connectivity index (χ0v) is 26.0. The van der Waals surface area contributed by atoms with Crippen molar-refractivity contribution >= 4 is 84.8 Å². The van der Waals surface area contributed by atoms with Gasteiger partial charge in [0.1, 0.15) is 0 Å². The van der Waals surface area contributed by atoms with Crippen molar-refractivity contribution in [2.45, 2.75) is 0 Å². The van der Waals surface area contributed by atoms with Gasteiger partial charge in [-0.3, -0.25) is 4.57 Å². The van der Waals surface area contributed by atoms with E-state index in [1.165, 1.54) is 78.8 Å². The van der Waals surface area contributed by atoms with Gasteiger partial charge < -0.3 is 4.57 Å². The summed E-state index contributed by atoms with van der Waals surface area (Å²) in [5.74, 6) is 0.916. The van der Waals surface area contributed by atoms with E-state index in [1.807, 2.05) is 22.7 Å². The average Bonchev–Trinajstić information content (AvgIpc) is 3.84. The molecule has 0 radical (unpaired) electrons. The fourth-order valence-electron chi connectivity index (χ4n) is 7.11. The van der Waals surface area contributed by atoms with Gasteiger partial charge in [-0.25, -0.2) is 4.98 Å². The molecule has 212 valence electrons. The van der Waals surface area contributed by atoms with Crippen LogP contribution in [0.25, 0.3) is 90.5 Å². The molecule has 3 nitrogen and oxygen atoms in total. The first-order valence-corrected chi connectivity index (χ1v) is 16.7. The molecule has 0 aliphatic carbocycles. The quantitative estimate of drug-likeness (QED) is 0.195. The maximum Gasteiger partial charge on any atom is 0.215 e. The minimum atomic E-state index is 0.916. The number of aromatic nitrogens is 3. The summed E-state index contributed by atoms with van der Waals surface area (Å²) < 4.78 is 9.77. The first-order valence-electron chi connectivity index (χ1n) is 15.1. The van der Waals surface area contributed by atoms with E-state index in [0.717, 1.165) is 11.6 Å². The van der Waals surface area contributed by atoms with Crippen molar-refractivity contribution in [2.75, 3.05) is 0 Å². The molecule has 0 aliphatic rings. The molecule has 4 aromatic heterocycles. The van der Waals surface area contributed by atoms with Gasteiger partial charge in [0.15, 0.2) is 0 Å². The monoisotopic (exact) mass is 611 g/mol. The fraction of sp³-hybridized carbons (Fsp3) is 0.0250. The van der Waals surface area contributed by atoms with Gasteiger partial charge in [-0.15, -0.1) is 22.7 Å². The summed E-state index contributed by atoms with van der Waals surface area (Å²) >= 11 is 3.76. The van der Waals surface area contributed by atoms with E-state index in [4.69, 9.17) is 4.98 Å². The standard InChI is InChI=1S/C40H25N3S2/c1-42-23-32(30-18-10-16-27-26-13-6-8-20-35(26)44-38(27)30)41-40(42)43-33-19-7-5-14-31(33)36-34(43)22-21-29-28-17-9-15-25(37(28)45-39(29)36)24-11-3-2-4-12-24/h2-23H,1H3. The third-order valence-electron chi connectivity index (χ3n) is 9.12. The zero-order valence-electron chi connectivity index (χ0n) is 24.4. The average molecular weight is 612 g/mol. The third-order valence-corrected chi connectivity index (χ3v) is 11.6. The van der Waals surface area contributed by atoms with E-state index in [9.17, 15) is 0 Å². The van der Waals surface area contributed by atoms with E-state index >= 15 is 0 Å². The summed E-state index contributed by atoms with van der Waals surface area (Å²) in [5, 5.41) is 7.76. The predicted octanol–water partition coefficient (Wildman–Crippen LogP) is 11.6. The highest BCUT2D eigenvalue weighted by Gasteiger charge is 2.21. The first-order chi connectivity index (χ1) is 22.2. The molecule has 6 aromatic carbocycles. The number of para-hydroxylation sites is 1. The van der Waals surface area contributed by atoms with Crippen LogP contribution in [0.1, 0.15) is 0 Å². The molecule has 10 rings (SSSR count). The molecule has 4 heterocycles. The van der Waals surface area contributed by atoms with Crippen LogP contribution < -0.4 is 0 Å². The molecular formula is C40H25N3S2. The Balaban J connectivity index is 1.24. The Hall–Kier alpha value is -5.23. The molecule has 10 aromatic rings. The van der Waals surface area contributed by atoms with Crippen molar-refractivity contribution in [1.82, 2.24) is 14.1 Å². The van der Waals surface area contributed by atoms with Crippen LogP contribution in [0.3, 0.4) is 0 Å². The number of aryl methyl sites for hydroxylation is 1. The normalized spacial score (nSPS) is 12.1. The second kappa shape index (κ2) is 9.38. The number of imidazole rings is 1. The van der Waals surface area contributed by atoms with E-state index < -0.39 is 0 Å². The van der Waals surface area contributed by atoms with Gasteiger partial charge in [-0.05, 0) is 29.3 Å². The highest BCUT2D eigenvalue weighted by atomic mass is 32.1. The maximum atomic E-state index is 5.36. The van der Waals surface area contributed by atoms with Gasteiger partial charge in [0.25, 0.3) is 0 Å². The van der Waals surface area contributed by atoms with Crippen LogP contribution in [0, 0.1) is 0 Å². The summed E-state index contributed by atoms with van der Waals surface area (Å²) in [7, 11) is 2.11. The fourth-order valence-corrected chi connectivity index (χ4v) is 9.73. The zero-order chi connectivity index (χ0) is 29.6. The number of hydrogen-bond acceptors (Lipinski definition) is 3. The number of nitrogens with zero attached hydrogens (tertiary/aromatic N) is 3. The van der Waals surface area contributed by atoms with Crippen LogP contribution in [-0.2, 0) is 7.05 Å². The number of thiophene rings is 2. The first kappa shape index (κ1) is 25.1. The van der Waals surface area contributed by atoms with Crippen molar-refractivity contribution in [3.05, 3.63) is 134 Å². The number of benzene rings is 6. The lowest BCUT2D eigenvalue weighted by Gasteiger charge is -2.07. The molecule has 0 amide bonds. The molecule has 0 fully saturated rings. The van der Waals surface area contributed by atoms with Crippen LogP contribution in [-0.4, -0.2) is 14.1 Å². The van der Waals surface area contributed by atoms with Crippen molar-refractivity contribution in [1.29, 1.82) is 0 Å². The lowest BCUT2D eigenvalue weighted by molar-refractivity contribution is 0.847. The number of rotatable bonds is 3. The Bertz CT molecular complexity index is 2770. The Labute approximate surface area is 266 Å². The molecule has 0 spiro atoms. The molecule has 45 heavy (non-hydrogen) atoms. The Kier molecular flexibility index (Phi) is 5.24. The molecule has 0 unspecified atom stereocenters. The molecule has 5 heteroatoms. The van der Waals surface area contributed by atoms with Crippen LogP contribution in [0.5, 0.6) is 0 Å². The van der Waals surface area contributed by atoms with Crippen LogP contribution in [0.4, 0.5) is 0 Å². The van der Waals surface area contributed by atoms with Crippen molar-refractivity contribution in [3.8, 4) is 28.3 Å². The molecule has 0 saturated heterocycles. The van der Waals surface area contributed by atoms with E-state index in [1.54, 1.807) is 0 Å². The van der Waals surface area contributed by atoms with E-state index in [-0.39, 0.29) is 0 Å². The van der Waals surface area contributed by atoms with Crippen molar-refractivity contribution in [3.63, 3.8) is 0 Å². The van der Waals surface area contributed by atoms with E-state index in [2.05, 4.69) is 150 Å². The maximum absolute atomic E-state index is 5.36. The minimum absolute atomic E-state index is 0.916. The van der Waals surface area contributed by atoms with Gasteiger partial charge in [-0.1, -0.05) is 109 Å². The number of fused-ring (bicyclic) bond motifs is 10. The van der Waals surface area contributed by atoms with Crippen LogP contribution in [0.15, 0.2) is 134 Å². The summed E-state index contributed by atoms with van der Waals surface area (Å²) in [4.78, 5) is 5.36. The SMILES string of the molecule is Cn1cc(-c2cccc3c2sc2ccccc23)nc1-n1c2ccccc2c2c3sc4c(-c5ccccc5)cccc4c3ccc21. The summed E-state index contributed by atoms with van der Waals surface area (Å²) in [6.07, 6.45) is 2.18. The van der Waals surface area contributed by atoms with Crippen LogP contribution >= 0.6 is 22.7 Å². The lowest BCUT2D eigenvalue weighted by atomic mass is 10.0. The van der Waals surface area contributed by atoms with Gasteiger partial charge in [0, 0.05) is 69.9 Å². The molecular weight excluding hydrogens is 587 g/mol. The highest BCUT2D eigenvalue weighted by molar-refractivity contribution is 7.27. The summed E-state index contributed by atoms with van der Waals surface area (Å²) in [6, 6.07) is 46.1. The molecule has 0 saturated carbocycles. The van der Waals surface area contributed by atoms with Gasteiger partial charge in [0.05, 0.1) is 16.7 Å². The topological polar surface area (TPSA) is 22.8 Å². The summed E-state index contributed by atoms with van der Waals surface area (Å²) in [6.45, 7) is 0. The minimum Gasteiger partial charge on any atom is -0.319 e. The molecule has 0 aliphatic heterocycles. The Morgan fingerprint density at radius 2 is 1.18 bits per heavy atom. The largest absolute Gasteiger partial charge is 0.319 e. The second-order valence-corrected chi connectivity index (χ2v) is 13.7. The van der Waals surface area contributed by atoms with Crippen molar-refractivity contribution in [2.24, 2.45) is 7.05 Å². The van der Waals surface area contributed by atoms with Gasteiger partial charge >= 0.3 is 0 Å². The molecule has 0 bridgehead atoms. The Morgan fingerprint density at radius 3 is 2.04 bits per heavy atom. The Morgan fingerprint density at radius 1 is 0.511 bits per heavy atom. The van der Waals surface area contributed by atoms with Gasteiger partial charge in [-0.2, -0.15) is 0 Å². The summed E-state index contributed by atoms with van der Waals surface area (Å²) in [5.41, 5.74) is 7.05. The molecule has 0 atom stereocenters. The molecule has 0 N–H and O–H groups in total. The predicted molar refractivity (Wildman–Crippen MR) is 194 cm³/mol. The third kappa shape index (κ3) is 3.54. The van der Waals surface area contributed by atoms with Crippen molar-refractivity contribution < 1.29 is 0 Å². The smallest absolute Gasteiger partial charge is 0.215 e. The van der Waals surface area contributed by atoms with E-state index in [0.29, 0.717) is 0 Å². The second-order valence-electron chi connectivity index (χ2n) is 11.7. The number of hydrogen-bond donors (Lipinski definition) is 0.